The van der Waals surface area contributed by atoms with Crippen molar-refractivity contribution in [3.63, 3.8) is 0 Å². The summed E-state index contributed by atoms with van der Waals surface area (Å²) in [6.07, 6.45) is -0.391. The molecule has 0 saturated heterocycles. The van der Waals surface area contributed by atoms with Crippen LogP contribution < -0.4 is 9.47 Å². The summed E-state index contributed by atoms with van der Waals surface area (Å²) in [5.74, 6) is 0.301. The number of fused-ring (bicyclic) bond motifs is 1. The Morgan fingerprint density at radius 3 is 3.15 bits per heavy atom. The second-order valence-corrected chi connectivity index (χ2v) is 5.53. The van der Waals surface area contributed by atoms with Crippen LogP contribution in [0.4, 0.5) is 0 Å². The highest BCUT2D eigenvalue weighted by Gasteiger charge is 2.28. The van der Waals surface area contributed by atoms with Gasteiger partial charge in [-0.2, -0.15) is 0 Å². The number of aliphatic carboxylic acids is 1. The number of carboxylic acid groups (broad SMARTS) is 1. The average Bonchev–Trinajstić information content (AvgIpc) is 3.01. The zero-order valence-corrected chi connectivity index (χ0v) is 11.6. The fraction of sp³-hybridized carbons (Fsp3) is 0.286. The predicted octanol–water partition coefficient (Wildman–Crippen LogP) is 2.42. The Bertz CT molecular complexity index is 652. The van der Waals surface area contributed by atoms with Gasteiger partial charge in [-0.25, -0.2) is 9.78 Å². The van der Waals surface area contributed by atoms with Gasteiger partial charge in [0.25, 0.3) is 0 Å². The van der Waals surface area contributed by atoms with Crippen molar-refractivity contribution in [1.29, 1.82) is 0 Å². The number of benzene rings is 1. The molecule has 2 aromatic rings. The zero-order valence-electron chi connectivity index (χ0n) is 10.8. The van der Waals surface area contributed by atoms with Gasteiger partial charge in [0.1, 0.15) is 23.1 Å². The first kappa shape index (κ1) is 12.9. The minimum absolute atomic E-state index is 0.399. The summed E-state index contributed by atoms with van der Waals surface area (Å²) in [6, 6.07) is 5.41. The first-order valence-electron chi connectivity index (χ1n) is 6.18. The second kappa shape index (κ2) is 5.13. The van der Waals surface area contributed by atoms with E-state index < -0.39 is 12.1 Å². The highest BCUT2D eigenvalue weighted by atomic mass is 32.1. The summed E-state index contributed by atoms with van der Waals surface area (Å²) in [5, 5.41) is 11.8. The first-order valence-corrected chi connectivity index (χ1v) is 7.06. The molecule has 5 nitrogen and oxygen atoms in total. The van der Waals surface area contributed by atoms with Crippen molar-refractivity contribution < 1.29 is 19.4 Å². The molecule has 0 fully saturated rings. The lowest BCUT2D eigenvalue weighted by molar-refractivity contribution is -0.144. The number of ether oxygens (including phenoxy) is 2. The molecule has 6 heteroatoms. The third-order valence-electron chi connectivity index (χ3n) is 3.02. The molecule has 2 heterocycles. The van der Waals surface area contributed by atoms with Crippen LogP contribution in [0, 0.1) is 6.92 Å². The van der Waals surface area contributed by atoms with Gasteiger partial charge in [0.15, 0.2) is 6.10 Å². The summed E-state index contributed by atoms with van der Waals surface area (Å²) < 4.78 is 11.0. The molecule has 1 aliphatic heterocycles. The molecule has 0 amide bonds. The molecule has 1 unspecified atom stereocenters. The molecule has 1 N–H and O–H groups in total. The number of thiazole rings is 1. The third-order valence-corrected chi connectivity index (χ3v) is 3.96. The fourth-order valence-electron chi connectivity index (χ4n) is 2.05. The van der Waals surface area contributed by atoms with Gasteiger partial charge in [0.05, 0.1) is 0 Å². The number of aryl methyl sites for hydroxylation is 1. The number of carboxylic acids is 1. The smallest absolute Gasteiger partial charge is 0.345 e. The third kappa shape index (κ3) is 2.60. The molecular weight excluding hydrogens is 278 g/mol. The number of nitrogens with zero attached hydrogens (tertiary/aromatic N) is 1. The van der Waals surface area contributed by atoms with Gasteiger partial charge in [-0.1, -0.05) is 6.07 Å². The molecule has 1 aromatic heterocycles. The quantitative estimate of drug-likeness (QED) is 0.937. The van der Waals surface area contributed by atoms with Gasteiger partial charge in [0, 0.05) is 23.6 Å². The molecule has 20 heavy (non-hydrogen) atoms. The number of carbonyl (C=O) groups is 1. The summed E-state index contributed by atoms with van der Waals surface area (Å²) >= 11 is 1.55. The van der Waals surface area contributed by atoms with Crippen LogP contribution >= 0.6 is 11.3 Å². The van der Waals surface area contributed by atoms with Gasteiger partial charge in [-0.05, 0) is 18.6 Å². The van der Waals surface area contributed by atoms with Crippen molar-refractivity contribution in [1.82, 2.24) is 4.98 Å². The monoisotopic (exact) mass is 291 g/mol. The van der Waals surface area contributed by atoms with E-state index in [1.807, 2.05) is 24.4 Å². The lowest BCUT2D eigenvalue weighted by atomic mass is 10.1. The van der Waals surface area contributed by atoms with E-state index in [1.54, 1.807) is 17.4 Å². The maximum absolute atomic E-state index is 10.9. The summed E-state index contributed by atoms with van der Waals surface area (Å²) in [5.41, 5.74) is 1.88. The molecule has 0 aliphatic carbocycles. The minimum atomic E-state index is -0.943. The van der Waals surface area contributed by atoms with Crippen LogP contribution in [0.15, 0.2) is 23.6 Å². The van der Waals surface area contributed by atoms with Crippen molar-refractivity contribution in [3.05, 3.63) is 39.8 Å². The Kier molecular flexibility index (Phi) is 3.31. The second-order valence-electron chi connectivity index (χ2n) is 4.59. The van der Waals surface area contributed by atoms with E-state index in [0.29, 0.717) is 24.5 Å². The molecule has 0 radical (unpaired) electrons. The Morgan fingerprint density at radius 1 is 1.60 bits per heavy atom. The molecule has 0 spiro atoms. The standard InChI is InChI=1S/C14H13NO4S/c1-8-7-20-13(15-8)6-18-10-3-2-9-4-12(14(16)17)19-11(9)5-10/h2-3,5,7,12H,4,6H2,1H3,(H,16,17). The molecule has 0 bridgehead atoms. The Morgan fingerprint density at radius 2 is 2.45 bits per heavy atom. The van der Waals surface area contributed by atoms with Gasteiger partial charge in [-0.3, -0.25) is 0 Å². The highest BCUT2D eigenvalue weighted by molar-refractivity contribution is 7.09. The average molecular weight is 291 g/mol. The highest BCUT2D eigenvalue weighted by Crippen LogP contribution is 2.32. The van der Waals surface area contributed by atoms with Gasteiger partial charge in [0.2, 0.25) is 0 Å². The van der Waals surface area contributed by atoms with Crippen LogP contribution in [-0.2, 0) is 17.8 Å². The Hall–Kier alpha value is -2.08. The van der Waals surface area contributed by atoms with E-state index >= 15 is 0 Å². The van der Waals surface area contributed by atoms with E-state index in [1.165, 1.54) is 0 Å². The molecule has 1 atom stereocenters. The largest absolute Gasteiger partial charge is 0.486 e. The maximum atomic E-state index is 10.9. The first-order chi connectivity index (χ1) is 9.61. The minimum Gasteiger partial charge on any atom is -0.486 e. The predicted molar refractivity (Wildman–Crippen MR) is 73.4 cm³/mol. The van der Waals surface area contributed by atoms with E-state index in [-0.39, 0.29) is 0 Å². The lowest BCUT2D eigenvalue weighted by Crippen LogP contribution is -2.24. The fourth-order valence-corrected chi connectivity index (χ4v) is 2.73. The van der Waals surface area contributed by atoms with Crippen molar-refractivity contribution in [3.8, 4) is 11.5 Å². The van der Waals surface area contributed by atoms with Crippen molar-refractivity contribution >= 4 is 17.3 Å². The molecule has 1 aromatic carbocycles. The van der Waals surface area contributed by atoms with E-state index in [9.17, 15) is 4.79 Å². The van der Waals surface area contributed by atoms with Crippen LogP contribution in [0.2, 0.25) is 0 Å². The van der Waals surface area contributed by atoms with Crippen LogP contribution in [0.1, 0.15) is 16.3 Å². The van der Waals surface area contributed by atoms with E-state index in [2.05, 4.69) is 4.98 Å². The number of rotatable bonds is 4. The number of aromatic nitrogens is 1. The Labute approximate surface area is 119 Å². The van der Waals surface area contributed by atoms with Gasteiger partial charge >= 0.3 is 5.97 Å². The van der Waals surface area contributed by atoms with Crippen molar-refractivity contribution in [2.75, 3.05) is 0 Å². The maximum Gasteiger partial charge on any atom is 0.345 e. The molecule has 0 saturated carbocycles. The van der Waals surface area contributed by atoms with E-state index in [0.717, 1.165) is 16.3 Å². The summed E-state index contributed by atoms with van der Waals surface area (Å²) in [6.45, 7) is 2.34. The van der Waals surface area contributed by atoms with Crippen molar-refractivity contribution in [2.45, 2.75) is 26.1 Å². The zero-order chi connectivity index (χ0) is 14.1. The van der Waals surface area contributed by atoms with Crippen molar-refractivity contribution in [2.24, 2.45) is 0 Å². The van der Waals surface area contributed by atoms with E-state index in [4.69, 9.17) is 14.6 Å². The summed E-state index contributed by atoms with van der Waals surface area (Å²) in [4.78, 5) is 15.2. The SMILES string of the molecule is Cc1csc(COc2ccc3c(c2)OC(C(=O)O)C3)n1. The van der Waals surface area contributed by atoms with Crippen LogP contribution in [0.5, 0.6) is 11.5 Å². The van der Waals surface area contributed by atoms with Crippen LogP contribution in [-0.4, -0.2) is 22.2 Å². The van der Waals surface area contributed by atoms with Gasteiger partial charge < -0.3 is 14.6 Å². The molecular formula is C14H13NO4S. The number of hydrogen-bond donors (Lipinski definition) is 1. The molecule has 1 aliphatic rings. The van der Waals surface area contributed by atoms with Gasteiger partial charge in [-0.15, -0.1) is 11.3 Å². The normalized spacial score (nSPS) is 16.6. The van der Waals surface area contributed by atoms with Crippen LogP contribution in [0.25, 0.3) is 0 Å². The lowest BCUT2D eigenvalue weighted by Gasteiger charge is -2.07. The summed E-state index contributed by atoms with van der Waals surface area (Å²) in [7, 11) is 0. The number of hydrogen-bond acceptors (Lipinski definition) is 5. The topological polar surface area (TPSA) is 68.7 Å². The Balaban J connectivity index is 1.68. The molecule has 104 valence electrons. The van der Waals surface area contributed by atoms with Crippen LogP contribution in [0.3, 0.4) is 0 Å². The molecule has 3 rings (SSSR count).